The molecule has 0 aromatic carbocycles. The van der Waals surface area contributed by atoms with Crippen molar-refractivity contribution in [1.29, 1.82) is 0 Å². The van der Waals surface area contributed by atoms with E-state index in [9.17, 15) is 43.5 Å². The minimum absolute atomic E-state index is 0.0417. The predicted octanol–water partition coefficient (Wildman–Crippen LogP) is 28.2. The second-order valence-electron chi connectivity index (χ2n) is 30.0. The second kappa shape index (κ2) is 89.6. The molecule has 4 N–H and O–H groups in total. The lowest BCUT2D eigenvalue weighted by atomic mass is 10.0. The Bertz CT molecular complexity index is 2910. The lowest BCUT2D eigenvalue weighted by molar-refractivity contribution is -0.161. The summed E-state index contributed by atoms with van der Waals surface area (Å²) in [6.45, 7) is 2.30. The molecule has 5 unspecified atom stereocenters. The zero-order chi connectivity index (χ0) is 85.1. The third kappa shape index (κ3) is 91.0. The number of aliphatic hydroxyl groups excluding tert-OH is 2. The van der Waals surface area contributed by atoms with Crippen molar-refractivity contribution in [2.75, 3.05) is 39.6 Å². The first-order valence-electron chi connectivity index (χ1n) is 45.7. The van der Waals surface area contributed by atoms with Crippen molar-refractivity contribution in [3.8, 4) is 0 Å². The molecule has 0 aliphatic rings. The van der Waals surface area contributed by atoms with Crippen LogP contribution in [0.15, 0.2) is 194 Å². The van der Waals surface area contributed by atoms with Gasteiger partial charge in [0.15, 0.2) is 6.10 Å². The van der Waals surface area contributed by atoms with Gasteiger partial charge in [0.25, 0.3) is 0 Å². The molecule has 0 rings (SSSR count). The second-order valence-corrected chi connectivity index (χ2v) is 32.9. The van der Waals surface area contributed by atoms with E-state index < -0.39 is 91.5 Å². The van der Waals surface area contributed by atoms with Gasteiger partial charge in [-0.25, -0.2) is 9.13 Å². The van der Waals surface area contributed by atoms with E-state index in [1.165, 1.54) is 128 Å². The third-order valence-electron chi connectivity index (χ3n) is 18.8. The molecule has 0 bridgehead atoms. The molecule has 5 atom stereocenters. The average Bonchev–Trinajstić information content (AvgIpc) is 0.902. The van der Waals surface area contributed by atoms with E-state index >= 15 is 0 Å². The predicted molar refractivity (Wildman–Crippen MR) is 491 cm³/mol. The molecule has 666 valence electrons. The molecular formula is C99H164O16P2. The monoisotopic (exact) mass is 1670 g/mol. The summed E-state index contributed by atoms with van der Waals surface area (Å²) >= 11 is 0. The van der Waals surface area contributed by atoms with E-state index in [1.54, 1.807) is 0 Å². The molecule has 16 nitrogen and oxygen atoms in total. The highest BCUT2D eigenvalue weighted by Gasteiger charge is 2.29. The molecule has 0 aliphatic carbocycles. The summed E-state index contributed by atoms with van der Waals surface area (Å²) in [6, 6.07) is 0. The molecule has 0 aromatic heterocycles. The number of hydrogen-bond acceptors (Lipinski definition) is 14. The van der Waals surface area contributed by atoms with Crippen LogP contribution in [0.25, 0.3) is 0 Å². The van der Waals surface area contributed by atoms with Crippen molar-refractivity contribution >= 4 is 33.6 Å². The molecule has 117 heavy (non-hydrogen) atoms. The summed E-state index contributed by atoms with van der Waals surface area (Å²) in [5, 5.41) is 20.7. The summed E-state index contributed by atoms with van der Waals surface area (Å²) < 4.78 is 61.4. The lowest BCUT2D eigenvalue weighted by Gasteiger charge is -2.21. The van der Waals surface area contributed by atoms with Crippen molar-refractivity contribution in [2.24, 2.45) is 0 Å². The van der Waals surface area contributed by atoms with E-state index in [0.717, 1.165) is 161 Å². The van der Waals surface area contributed by atoms with Gasteiger partial charge in [0, 0.05) is 19.3 Å². The largest absolute Gasteiger partial charge is 0.472 e. The molecule has 0 aromatic rings. The van der Waals surface area contributed by atoms with Crippen LogP contribution >= 0.6 is 15.6 Å². The van der Waals surface area contributed by atoms with Gasteiger partial charge in [0.05, 0.1) is 26.4 Å². The average molecular weight is 1670 g/mol. The normalized spacial score (nSPS) is 14.7. The topological polar surface area (TPSA) is 231 Å². The van der Waals surface area contributed by atoms with Gasteiger partial charge in [-0.2, -0.15) is 0 Å². The first-order chi connectivity index (χ1) is 57.2. The van der Waals surface area contributed by atoms with Crippen LogP contribution in [0.3, 0.4) is 0 Å². The van der Waals surface area contributed by atoms with Gasteiger partial charge >= 0.3 is 33.6 Å². The fourth-order valence-electron chi connectivity index (χ4n) is 12.0. The van der Waals surface area contributed by atoms with Gasteiger partial charge in [-0.05, 0) is 161 Å². The zero-order valence-corrected chi connectivity index (χ0v) is 75.1. The maximum absolute atomic E-state index is 13.0. The van der Waals surface area contributed by atoms with Gasteiger partial charge in [-0.1, -0.05) is 369 Å². The molecule has 0 saturated carbocycles. The molecule has 0 heterocycles. The summed E-state index contributed by atoms with van der Waals surface area (Å²) in [7, 11) is -9.83. The van der Waals surface area contributed by atoms with Crippen LogP contribution in [0.1, 0.15) is 355 Å². The first kappa shape index (κ1) is 111. The van der Waals surface area contributed by atoms with Crippen LogP contribution in [0.5, 0.6) is 0 Å². The van der Waals surface area contributed by atoms with Gasteiger partial charge in [0.2, 0.25) is 0 Å². The van der Waals surface area contributed by atoms with Crippen molar-refractivity contribution < 1.29 is 75.8 Å². The number of carbonyl (C=O) groups is 3. The van der Waals surface area contributed by atoms with Crippen molar-refractivity contribution in [1.82, 2.24) is 0 Å². The van der Waals surface area contributed by atoms with E-state index in [0.29, 0.717) is 25.7 Å². The van der Waals surface area contributed by atoms with Crippen LogP contribution in [0.2, 0.25) is 0 Å². The number of phosphoric ester groups is 2. The van der Waals surface area contributed by atoms with E-state index in [2.05, 4.69) is 215 Å². The smallest absolute Gasteiger partial charge is 0.463 e. The maximum atomic E-state index is 13.0. The fraction of sp³-hybridized carbons (Fsp3) is 0.646. The number of phosphoric acid groups is 2. The Labute approximate surface area is 712 Å². The van der Waals surface area contributed by atoms with Crippen LogP contribution in [0.4, 0.5) is 0 Å². The molecule has 0 fully saturated rings. The first-order valence-corrected chi connectivity index (χ1v) is 48.7. The van der Waals surface area contributed by atoms with Gasteiger partial charge < -0.3 is 34.2 Å². The zero-order valence-electron chi connectivity index (χ0n) is 73.3. The number of rotatable bonds is 85. The van der Waals surface area contributed by atoms with Crippen LogP contribution < -0.4 is 0 Å². The summed E-state index contributed by atoms with van der Waals surface area (Å²) in [6.07, 6.45) is 119. The van der Waals surface area contributed by atoms with E-state index in [1.807, 2.05) is 0 Å². The molecular weight excluding hydrogens is 1510 g/mol. The Balaban J connectivity index is 4.57. The Kier molecular flexibility index (Phi) is 85.3. The number of ether oxygens (including phenoxy) is 3. The summed E-state index contributed by atoms with van der Waals surface area (Å²) in [4.78, 5) is 58.9. The van der Waals surface area contributed by atoms with Crippen LogP contribution in [-0.2, 0) is 55.8 Å². The summed E-state index contributed by atoms with van der Waals surface area (Å²) in [5.74, 6) is -1.63. The molecule has 0 spiro atoms. The Morgan fingerprint density at radius 1 is 0.239 bits per heavy atom. The number of aliphatic hydroxyl groups is 2. The SMILES string of the molecule is CC/C=C\C/C=C\C/C=C\C/C=C\C/C=C\C/C=C\CCCCC(=O)OC(COC(=O)CCCCCCCCCCC/C=C\C/C=C\C/C=C\C/C=C\C/C=C\CC)COP(=O)(O)OCC(O)COP(=O)(O)OCC(O)COC(=O)CCCCCCCCCCCCCCCCCCCCC/C=C\C/C=C\C/C=C\C/C=C\C/C=C\CC. The standard InChI is InChI=1S/C99H164O16P2/c1-4-7-10-13-16-19-22-25-28-31-34-37-39-41-42-43-44-45-46-47-48-49-50-52-54-56-58-61-64-67-70-73-76-79-82-85-97(102)109-88-94(100)89-111-116(105,106)112-90-95(101)91-113-117(107,108)114-93-96(115-99(104)87-84-81-78-75-72-69-66-63-60-55-36-33-30-27-24-21-18-15-12-9-6-3)92-110-98(103)86-83-80-77-74-71-68-65-62-59-57-53-51-40-38-35-32-29-26-23-20-17-14-11-8-5-2/h7-12,16-21,25-30,34-38,41-42,51,53,55,63,66,72,75,94-96,100-101H,4-6,13-15,22-24,31-33,39-40,43-50,52,54,56-62,64-65,67-71,73-74,76-93H2,1-3H3,(H,105,106)(H,107,108)/b10-7-,11-8-,12-9-,19-16-,20-17-,21-18-,28-25-,29-26-,30-27-,37-34-,38-35-,42-41-,53-51-,55-36-,66-63-,75-72-. The number of esters is 3. The Morgan fingerprint density at radius 3 is 0.692 bits per heavy atom. The van der Waals surface area contributed by atoms with Gasteiger partial charge in [-0.15, -0.1) is 0 Å². The maximum Gasteiger partial charge on any atom is 0.472 e. The third-order valence-corrected chi connectivity index (χ3v) is 20.7. The highest BCUT2D eigenvalue weighted by Crippen LogP contribution is 2.45. The number of hydrogen-bond donors (Lipinski definition) is 4. The molecule has 18 heteroatoms. The quantitative estimate of drug-likeness (QED) is 0.0146. The number of carbonyl (C=O) groups excluding carboxylic acids is 3. The van der Waals surface area contributed by atoms with Crippen molar-refractivity contribution in [2.45, 2.75) is 373 Å². The van der Waals surface area contributed by atoms with Crippen molar-refractivity contribution in [3.63, 3.8) is 0 Å². The lowest BCUT2D eigenvalue weighted by Crippen LogP contribution is -2.30. The molecule has 0 saturated heterocycles. The minimum Gasteiger partial charge on any atom is -0.463 e. The molecule has 0 radical (unpaired) electrons. The number of allylic oxidation sites excluding steroid dienone is 32. The van der Waals surface area contributed by atoms with Gasteiger partial charge in [0.1, 0.15) is 25.4 Å². The Hall–Kier alpha value is -5.61. The minimum atomic E-state index is -4.96. The van der Waals surface area contributed by atoms with Gasteiger partial charge in [-0.3, -0.25) is 32.5 Å². The Morgan fingerprint density at radius 2 is 0.427 bits per heavy atom. The molecule has 0 aliphatic heterocycles. The molecule has 0 amide bonds. The fourth-order valence-corrected chi connectivity index (χ4v) is 13.6. The highest BCUT2D eigenvalue weighted by atomic mass is 31.2. The van der Waals surface area contributed by atoms with Crippen molar-refractivity contribution in [3.05, 3.63) is 194 Å². The van der Waals surface area contributed by atoms with Crippen LogP contribution in [0, 0.1) is 0 Å². The number of unbranched alkanes of at least 4 members (excludes halogenated alkanes) is 30. The van der Waals surface area contributed by atoms with E-state index in [-0.39, 0.29) is 19.3 Å². The van der Waals surface area contributed by atoms with E-state index in [4.69, 9.17) is 32.3 Å². The summed E-state index contributed by atoms with van der Waals surface area (Å²) in [5.41, 5.74) is 0. The van der Waals surface area contributed by atoms with Crippen LogP contribution in [-0.4, -0.2) is 95.9 Å². The highest BCUT2D eigenvalue weighted by molar-refractivity contribution is 7.47.